The van der Waals surface area contributed by atoms with E-state index in [0.717, 1.165) is 16.8 Å². The minimum absolute atomic E-state index is 0.0131. The molecule has 0 bridgehead atoms. The number of pyridine rings is 2. The van der Waals surface area contributed by atoms with E-state index >= 15 is 0 Å². The molecule has 98 valence electrons. The van der Waals surface area contributed by atoms with Crippen LogP contribution in [0.25, 0.3) is 11.1 Å². The van der Waals surface area contributed by atoms with Gasteiger partial charge < -0.3 is 0 Å². The summed E-state index contributed by atoms with van der Waals surface area (Å²) in [5, 5.41) is 0. The van der Waals surface area contributed by atoms with Gasteiger partial charge in [0.2, 0.25) is 0 Å². The third-order valence-electron chi connectivity index (χ3n) is 2.87. The molecule has 0 saturated carbocycles. The SMILES string of the molecule is O=[P+]=CCc1cc(-c2ccncc2)cc[n+]1CC=[P+]=O. The van der Waals surface area contributed by atoms with Gasteiger partial charge in [-0.2, -0.15) is 0 Å². The van der Waals surface area contributed by atoms with Gasteiger partial charge in [-0.05, 0) is 0 Å². The van der Waals surface area contributed by atoms with E-state index in [4.69, 9.17) is 0 Å². The van der Waals surface area contributed by atoms with Gasteiger partial charge in [0.1, 0.15) is 0 Å². The van der Waals surface area contributed by atoms with Gasteiger partial charge in [0.05, 0.1) is 0 Å². The second-order valence-corrected chi connectivity index (χ2v) is 5.23. The molecule has 0 amide bonds. The van der Waals surface area contributed by atoms with Gasteiger partial charge >= 0.3 is 119 Å². The first kappa shape index (κ1) is 14.9. The molecule has 0 spiro atoms. The van der Waals surface area contributed by atoms with Crippen molar-refractivity contribution in [3.05, 3.63) is 48.5 Å². The molecule has 0 fully saturated rings. The molecule has 0 radical (unpaired) electrons. The molecule has 0 aliphatic carbocycles. The average molecular weight is 303 g/mol. The van der Waals surface area contributed by atoms with Crippen molar-refractivity contribution in [1.29, 1.82) is 0 Å². The van der Waals surface area contributed by atoms with Crippen LogP contribution in [0, 0.1) is 0 Å². The van der Waals surface area contributed by atoms with Crippen LogP contribution in [0.5, 0.6) is 0 Å². The van der Waals surface area contributed by atoms with Crippen molar-refractivity contribution >= 4 is 27.8 Å². The Kier molecular flexibility index (Phi) is 5.91. The van der Waals surface area contributed by atoms with E-state index in [9.17, 15) is 9.13 Å². The third kappa shape index (κ3) is 4.00. The van der Waals surface area contributed by atoms with Crippen molar-refractivity contribution in [3.63, 3.8) is 0 Å². The van der Waals surface area contributed by atoms with E-state index in [1.807, 2.05) is 35.0 Å². The fourth-order valence-electron chi connectivity index (χ4n) is 1.91. The maximum absolute atomic E-state index is 10.6. The monoisotopic (exact) mass is 303 g/mol. The van der Waals surface area contributed by atoms with Crippen molar-refractivity contribution in [1.82, 2.24) is 4.98 Å². The summed E-state index contributed by atoms with van der Waals surface area (Å²) >= 11 is 0. The minimum atomic E-state index is 0.0131. The molecule has 6 heteroatoms. The zero-order valence-corrected chi connectivity index (χ0v) is 12.5. The standard InChI is InChI=1S/C14H13N2O2P2/c17-19-9-4-14-11-13(12-1-5-15-6-2-12)3-7-16(14)8-10-20-18/h1-3,5-7,9-11H,4,8H2/q+3. The molecule has 2 heterocycles. The number of aromatic nitrogens is 2. The van der Waals surface area contributed by atoms with Gasteiger partial charge in [-0.25, -0.2) is 0 Å². The van der Waals surface area contributed by atoms with Crippen LogP contribution >= 0.6 is 16.2 Å². The molecule has 0 atom stereocenters. The van der Waals surface area contributed by atoms with Crippen LogP contribution in [0.2, 0.25) is 0 Å². The summed E-state index contributed by atoms with van der Waals surface area (Å²) in [7, 11) is 0.0291. The molecule has 0 aliphatic heterocycles. The Balaban J connectivity index is 2.42. The average Bonchev–Trinajstić information content (AvgIpc) is 2.52. The van der Waals surface area contributed by atoms with Crippen LogP contribution in [0.3, 0.4) is 0 Å². The second-order valence-electron chi connectivity index (χ2n) is 4.08. The van der Waals surface area contributed by atoms with Crippen molar-refractivity contribution < 1.29 is 13.7 Å². The van der Waals surface area contributed by atoms with Crippen molar-refractivity contribution in [2.45, 2.75) is 13.0 Å². The first-order valence-electron chi connectivity index (χ1n) is 6.06. The Morgan fingerprint density at radius 3 is 2.50 bits per heavy atom. The van der Waals surface area contributed by atoms with Gasteiger partial charge in [0.25, 0.3) is 0 Å². The van der Waals surface area contributed by atoms with E-state index in [-0.39, 0.29) is 16.2 Å². The molecule has 0 saturated heterocycles. The van der Waals surface area contributed by atoms with Crippen LogP contribution in [0.4, 0.5) is 0 Å². The zero-order chi connectivity index (χ0) is 14.2. The molecular formula is C14H13N2O2P2+3. The van der Waals surface area contributed by atoms with Crippen LogP contribution in [-0.4, -0.2) is 16.6 Å². The normalized spacial score (nSPS) is 9.80. The van der Waals surface area contributed by atoms with E-state index in [0.29, 0.717) is 13.0 Å². The number of hydrogen-bond donors (Lipinski definition) is 0. The first-order valence-corrected chi connectivity index (χ1v) is 7.82. The summed E-state index contributed by atoms with van der Waals surface area (Å²) < 4.78 is 23.2. The Hall–Kier alpha value is -1.50. The summed E-state index contributed by atoms with van der Waals surface area (Å²) in [6, 6.07) is 7.94. The van der Waals surface area contributed by atoms with E-state index < -0.39 is 0 Å². The number of nitrogens with zero attached hydrogens (tertiary/aromatic N) is 2. The topological polar surface area (TPSA) is 50.9 Å². The maximum atomic E-state index is 10.6. The molecule has 20 heavy (non-hydrogen) atoms. The molecule has 0 aliphatic rings. The summed E-state index contributed by atoms with van der Waals surface area (Å²) in [5.74, 6) is 3.31. The summed E-state index contributed by atoms with van der Waals surface area (Å²) in [6.45, 7) is 0.556. The van der Waals surface area contributed by atoms with Crippen molar-refractivity contribution in [2.24, 2.45) is 0 Å². The molecule has 2 aromatic heterocycles. The van der Waals surface area contributed by atoms with E-state index in [2.05, 4.69) is 4.98 Å². The summed E-state index contributed by atoms with van der Waals surface area (Å²) in [4.78, 5) is 4.01. The zero-order valence-electron chi connectivity index (χ0n) is 10.7. The Labute approximate surface area is 119 Å². The predicted molar refractivity (Wildman–Crippen MR) is 80.9 cm³/mol. The Bertz CT molecular complexity index is 692. The van der Waals surface area contributed by atoms with E-state index in [1.165, 1.54) is 0 Å². The molecular weight excluding hydrogens is 290 g/mol. The van der Waals surface area contributed by atoms with Crippen LogP contribution < -0.4 is 4.57 Å². The second kappa shape index (κ2) is 7.94. The van der Waals surface area contributed by atoms with Gasteiger partial charge in [0.15, 0.2) is 0 Å². The number of hydrogen-bond acceptors (Lipinski definition) is 3. The molecule has 0 N–H and O–H groups in total. The fourth-order valence-corrected chi connectivity index (χ4v) is 2.41. The molecule has 2 rings (SSSR count). The van der Waals surface area contributed by atoms with Crippen LogP contribution in [0.1, 0.15) is 5.69 Å². The summed E-state index contributed by atoms with van der Waals surface area (Å²) in [6.07, 6.45) is 6.04. The van der Waals surface area contributed by atoms with Crippen LogP contribution in [-0.2, 0) is 22.1 Å². The molecule has 4 nitrogen and oxygen atoms in total. The van der Waals surface area contributed by atoms with Gasteiger partial charge in [-0.3, -0.25) is 0 Å². The fraction of sp³-hybridized carbons (Fsp3) is 0.143. The van der Waals surface area contributed by atoms with Gasteiger partial charge in [0, 0.05) is 0 Å². The van der Waals surface area contributed by atoms with E-state index in [1.54, 1.807) is 24.0 Å². The van der Waals surface area contributed by atoms with Gasteiger partial charge in [-0.15, -0.1) is 0 Å². The predicted octanol–water partition coefficient (Wildman–Crippen LogP) is 2.77. The Morgan fingerprint density at radius 1 is 1.05 bits per heavy atom. The van der Waals surface area contributed by atoms with Crippen molar-refractivity contribution in [3.8, 4) is 11.1 Å². The number of rotatable bonds is 5. The third-order valence-corrected chi connectivity index (χ3v) is 3.51. The van der Waals surface area contributed by atoms with Crippen LogP contribution in [0.15, 0.2) is 42.9 Å². The summed E-state index contributed by atoms with van der Waals surface area (Å²) in [5.41, 5.74) is 3.18. The molecule has 2 aromatic rings. The Morgan fingerprint density at radius 2 is 1.80 bits per heavy atom. The van der Waals surface area contributed by atoms with Gasteiger partial charge in [-0.1, -0.05) is 0 Å². The molecule has 0 unspecified atom stereocenters. The molecule has 0 aromatic carbocycles. The quantitative estimate of drug-likeness (QED) is 0.630. The van der Waals surface area contributed by atoms with Crippen molar-refractivity contribution in [2.75, 3.05) is 0 Å². The first-order chi connectivity index (χ1) is 9.85.